The summed E-state index contributed by atoms with van der Waals surface area (Å²) in [5, 5.41) is 1.38. The van der Waals surface area contributed by atoms with E-state index in [4.69, 9.17) is 9.98 Å². The maximum Gasteiger partial charge on any atom is 0.117 e. The molecular formula is C23H24BrN3S2. The number of rotatable bonds is 6. The van der Waals surface area contributed by atoms with Gasteiger partial charge in [-0.05, 0) is 55.4 Å². The molecule has 0 radical (unpaired) electrons. The Morgan fingerprint density at radius 3 is 2.86 bits per heavy atom. The third kappa shape index (κ3) is 3.84. The van der Waals surface area contributed by atoms with Gasteiger partial charge in [0, 0.05) is 15.9 Å². The SMILES string of the molecule is CCCCC1=N[C@@H]2Sc3c(SCc4ccc(Br)cc4)ncnc3[C@H]2C2=C1CCC2. The molecule has 2 aliphatic heterocycles. The highest BCUT2D eigenvalue weighted by Gasteiger charge is 2.43. The number of hydrogen-bond acceptors (Lipinski definition) is 5. The van der Waals surface area contributed by atoms with Crippen molar-refractivity contribution in [3.05, 3.63) is 57.5 Å². The highest BCUT2D eigenvalue weighted by molar-refractivity contribution is 9.10. The van der Waals surface area contributed by atoms with Crippen LogP contribution in [0.1, 0.15) is 62.6 Å². The zero-order valence-corrected chi connectivity index (χ0v) is 19.7. The number of aromatic nitrogens is 2. The Hall–Kier alpha value is -1.11. The molecule has 2 atom stereocenters. The molecule has 3 nitrogen and oxygen atoms in total. The third-order valence-corrected chi connectivity index (χ3v) is 8.92. The van der Waals surface area contributed by atoms with E-state index in [9.17, 15) is 0 Å². The standard InChI is InChI=1S/C23H24BrN3S2/c1-2-3-7-18-16-5-4-6-17(16)19-20-21(29-22(19)27-18)23(26-13-25-20)28-12-14-8-10-15(24)11-9-14/h8-11,13,19,22H,2-7,12H2,1H3/t19-,22-/m1/s1. The van der Waals surface area contributed by atoms with Crippen molar-refractivity contribution >= 4 is 45.2 Å². The number of halogens is 1. The van der Waals surface area contributed by atoms with Crippen LogP contribution in [0.3, 0.4) is 0 Å². The summed E-state index contributed by atoms with van der Waals surface area (Å²) in [4.78, 5) is 15.9. The fourth-order valence-electron chi connectivity index (χ4n) is 4.53. The number of benzene rings is 1. The van der Waals surface area contributed by atoms with Crippen LogP contribution < -0.4 is 0 Å². The molecule has 0 saturated heterocycles. The first-order valence-corrected chi connectivity index (χ1v) is 13.1. The summed E-state index contributed by atoms with van der Waals surface area (Å²) in [5.74, 6) is 1.29. The van der Waals surface area contributed by atoms with Crippen LogP contribution in [0.4, 0.5) is 0 Å². The predicted octanol–water partition coefficient (Wildman–Crippen LogP) is 7.17. The van der Waals surface area contributed by atoms with E-state index >= 15 is 0 Å². The van der Waals surface area contributed by atoms with Crippen LogP contribution in [0.15, 0.2) is 61.1 Å². The first-order chi connectivity index (χ1) is 14.2. The molecule has 0 fully saturated rings. The lowest BCUT2D eigenvalue weighted by Crippen LogP contribution is -2.21. The largest absolute Gasteiger partial charge is 0.274 e. The number of hydrogen-bond donors (Lipinski definition) is 0. The van der Waals surface area contributed by atoms with Crippen LogP contribution in [0, 0.1) is 0 Å². The number of unbranched alkanes of at least 4 members (excludes halogenated alkanes) is 1. The van der Waals surface area contributed by atoms with E-state index < -0.39 is 0 Å². The van der Waals surface area contributed by atoms with Gasteiger partial charge in [-0.3, -0.25) is 4.99 Å². The van der Waals surface area contributed by atoms with Gasteiger partial charge in [-0.1, -0.05) is 58.7 Å². The van der Waals surface area contributed by atoms with E-state index in [1.165, 1.54) is 54.0 Å². The van der Waals surface area contributed by atoms with Gasteiger partial charge < -0.3 is 0 Å². The first-order valence-electron chi connectivity index (χ1n) is 10.4. The van der Waals surface area contributed by atoms with Gasteiger partial charge in [0.1, 0.15) is 16.7 Å². The second-order valence-electron chi connectivity index (χ2n) is 7.83. The molecule has 0 unspecified atom stereocenters. The Kier molecular flexibility index (Phi) is 5.85. The summed E-state index contributed by atoms with van der Waals surface area (Å²) in [6.07, 6.45) is 9.05. The van der Waals surface area contributed by atoms with Crippen molar-refractivity contribution in [2.24, 2.45) is 4.99 Å². The number of allylic oxidation sites excluding steroid dienone is 1. The van der Waals surface area contributed by atoms with Gasteiger partial charge in [0.15, 0.2) is 0 Å². The normalized spacial score (nSPS) is 22.3. The second-order valence-corrected chi connectivity index (χ2v) is 10.8. The second kappa shape index (κ2) is 8.56. The molecule has 150 valence electrons. The molecule has 1 aliphatic carbocycles. The Bertz CT molecular complexity index is 984. The van der Waals surface area contributed by atoms with E-state index in [1.54, 1.807) is 17.5 Å². The van der Waals surface area contributed by atoms with E-state index in [0.29, 0.717) is 5.92 Å². The Morgan fingerprint density at radius 2 is 2.03 bits per heavy atom. The molecule has 2 aromatic rings. The van der Waals surface area contributed by atoms with E-state index in [2.05, 4.69) is 52.1 Å². The maximum atomic E-state index is 5.25. The smallest absolute Gasteiger partial charge is 0.117 e. The highest BCUT2D eigenvalue weighted by Crippen LogP contribution is 2.56. The molecule has 0 N–H and O–H groups in total. The molecule has 0 saturated carbocycles. The van der Waals surface area contributed by atoms with Crippen molar-refractivity contribution in [2.75, 3.05) is 0 Å². The Labute approximate surface area is 189 Å². The molecule has 3 aliphatic rings. The van der Waals surface area contributed by atoms with Crippen LogP contribution in [-0.2, 0) is 5.75 Å². The molecule has 1 aromatic heterocycles. The average Bonchev–Trinajstić information content (AvgIpc) is 3.36. The Morgan fingerprint density at radius 1 is 1.17 bits per heavy atom. The van der Waals surface area contributed by atoms with E-state index in [1.807, 2.05) is 23.5 Å². The number of fused-ring (bicyclic) bond motifs is 4. The van der Waals surface area contributed by atoms with Gasteiger partial charge in [-0.25, -0.2) is 9.97 Å². The summed E-state index contributed by atoms with van der Waals surface area (Å²) in [6.45, 7) is 2.26. The van der Waals surface area contributed by atoms with Crippen LogP contribution in [0.5, 0.6) is 0 Å². The van der Waals surface area contributed by atoms with Gasteiger partial charge in [0.2, 0.25) is 0 Å². The number of dihydropyridines is 1. The van der Waals surface area contributed by atoms with Gasteiger partial charge in [0.05, 0.1) is 16.5 Å². The lowest BCUT2D eigenvalue weighted by molar-refractivity contribution is 0.687. The van der Waals surface area contributed by atoms with Gasteiger partial charge in [-0.2, -0.15) is 0 Å². The van der Waals surface area contributed by atoms with Crippen molar-refractivity contribution in [3.63, 3.8) is 0 Å². The summed E-state index contributed by atoms with van der Waals surface area (Å²) in [7, 11) is 0. The molecule has 3 heterocycles. The topological polar surface area (TPSA) is 38.1 Å². The molecule has 5 rings (SSSR count). The number of aliphatic imine (C=N–C) groups is 1. The van der Waals surface area contributed by atoms with Crippen LogP contribution >= 0.6 is 39.5 Å². The quantitative estimate of drug-likeness (QED) is 0.320. The molecule has 29 heavy (non-hydrogen) atoms. The van der Waals surface area contributed by atoms with Crippen molar-refractivity contribution < 1.29 is 0 Å². The van der Waals surface area contributed by atoms with Crippen molar-refractivity contribution in [2.45, 2.75) is 72.4 Å². The average molecular weight is 487 g/mol. The summed E-state index contributed by atoms with van der Waals surface area (Å²) >= 11 is 7.23. The zero-order valence-electron chi connectivity index (χ0n) is 16.5. The van der Waals surface area contributed by atoms with E-state index in [0.717, 1.165) is 21.7 Å². The molecule has 6 heteroatoms. The van der Waals surface area contributed by atoms with Gasteiger partial charge in [0.25, 0.3) is 0 Å². The van der Waals surface area contributed by atoms with Crippen LogP contribution in [-0.4, -0.2) is 21.1 Å². The lowest BCUT2D eigenvalue weighted by Gasteiger charge is -2.26. The van der Waals surface area contributed by atoms with Gasteiger partial charge in [-0.15, -0.1) is 11.8 Å². The van der Waals surface area contributed by atoms with Crippen LogP contribution in [0.25, 0.3) is 0 Å². The Balaban J connectivity index is 1.42. The summed E-state index contributed by atoms with van der Waals surface area (Å²) in [6, 6.07) is 8.55. The number of thioether (sulfide) groups is 2. The molecular weight excluding hydrogens is 462 g/mol. The first kappa shape index (κ1) is 19.8. The van der Waals surface area contributed by atoms with Crippen molar-refractivity contribution in [3.8, 4) is 0 Å². The molecule has 0 amide bonds. The van der Waals surface area contributed by atoms with E-state index in [-0.39, 0.29) is 5.37 Å². The predicted molar refractivity (Wildman–Crippen MR) is 126 cm³/mol. The minimum Gasteiger partial charge on any atom is -0.274 e. The zero-order chi connectivity index (χ0) is 19.8. The fraction of sp³-hybridized carbons (Fsp3) is 0.435. The van der Waals surface area contributed by atoms with Gasteiger partial charge >= 0.3 is 0 Å². The lowest BCUT2D eigenvalue weighted by atomic mass is 9.87. The highest BCUT2D eigenvalue weighted by atomic mass is 79.9. The molecule has 0 bridgehead atoms. The molecule has 1 aromatic carbocycles. The maximum absolute atomic E-state index is 5.25. The minimum atomic E-state index is 0.262. The molecule has 0 spiro atoms. The summed E-state index contributed by atoms with van der Waals surface area (Å²) in [5.41, 5.74) is 7.12. The van der Waals surface area contributed by atoms with Crippen LogP contribution in [0.2, 0.25) is 0 Å². The summed E-state index contributed by atoms with van der Waals surface area (Å²) < 4.78 is 1.12. The van der Waals surface area contributed by atoms with Crippen molar-refractivity contribution in [1.82, 2.24) is 9.97 Å². The number of nitrogens with zero attached hydrogens (tertiary/aromatic N) is 3. The monoisotopic (exact) mass is 485 g/mol. The fourth-order valence-corrected chi connectivity index (χ4v) is 7.27. The minimum absolute atomic E-state index is 0.262. The third-order valence-electron chi connectivity index (χ3n) is 5.94. The van der Waals surface area contributed by atoms with Crippen molar-refractivity contribution in [1.29, 1.82) is 0 Å².